The van der Waals surface area contributed by atoms with Gasteiger partial charge in [-0.25, -0.2) is 9.78 Å². The number of thiophene rings is 1. The second-order valence-corrected chi connectivity index (χ2v) is 8.44. The molecule has 0 fully saturated rings. The van der Waals surface area contributed by atoms with Crippen molar-refractivity contribution in [3.05, 3.63) is 70.8 Å². The van der Waals surface area contributed by atoms with Crippen molar-refractivity contribution in [2.75, 3.05) is 26.1 Å². The molecule has 4 aromatic rings. The third kappa shape index (κ3) is 5.02. The summed E-state index contributed by atoms with van der Waals surface area (Å²) < 4.78 is 16.9. The molecule has 2 heterocycles. The van der Waals surface area contributed by atoms with Crippen molar-refractivity contribution in [1.82, 2.24) is 9.55 Å². The molecule has 2 aromatic heterocycles. The fraction of sp³-hybridized carbons (Fsp3) is 0.200. The van der Waals surface area contributed by atoms with Gasteiger partial charge < -0.3 is 19.5 Å². The van der Waals surface area contributed by atoms with Crippen molar-refractivity contribution in [3.63, 3.8) is 0 Å². The summed E-state index contributed by atoms with van der Waals surface area (Å²) in [5.41, 5.74) is 1.17. The summed E-state index contributed by atoms with van der Waals surface area (Å²) in [5.74, 6) is -0.194. The van der Waals surface area contributed by atoms with E-state index in [1.54, 1.807) is 19.1 Å². The third-order valence-corrected chi connectivity index (χ3v) is 6.28. The first-order chi connectivity index (χ1) is 16.9. The first-order valence-electron chi connectivity index (χ1n) is 10.7. The summed E-state index contributed by atoms with van der Waals surface area (Å²) in [6.07, 6.45) is 1.30. The maximum Gasteiger partial charge on any atom is 0.341 e. The first kappa shape index (κ1) is 24.0. The second kappa shape index (κ2) is 10.4. The Balaban J connectivity index is 1.62. The summed E-state index contributed by atoms with van der Waals surface area (Å²) in [7, 11) is 2.96. The van der Waals surface area contributed by atoms with Crippen LogP contribution >= 0.6 is 11.3 Å². The molecule has 35 heavy (non-hydrogen) atoms. The number of aromatic nitrogens is 2. The van der Waals surface area contributed by atoms with Crippen LogP contribution in [0, 0.1) is 0 Å². The lowest BCUT2D eigenvalue weighted by atomic mass is 10.1. The van der Waals surface area contributed by atoms with Crippen molar-refractivity contribution in [1.29, 1.82) is 0 Å². The Morgan fingerprint density at radius 2 is 1.77 bits per heavy atom. The Bertz CT molecular complexity index is 1450. The number of hydrogen-bond acceptors (Lipinski definition) is 8. The molecule has 4 rings (SSSR count). The van der Waals surface area contributed by atoms with Crippen LogP contribution in [0.2, 0.25) is 0 Å². The number of carbonyl (C=O) groups excluding carboxylic acids is 2. The number of nitrogens with one attached hydrogen (secondary N) is 1. The van der Waals surface area contributed by atoms with Crippen LogP contribution in [-0.2, 0) is 16.1 Å². The molecule has 0 atom stereocenters. The van der Waals surface area contributed by atoms with Crippen LogP contribution in [0.3, 0.4) is 0 Å². The van der Waals surface area contributed by atoms with Gasteiger partial charge in [0.05, 0.1) is 43.6 Å². The van der Waals surface area contributed by atoms with E-state index in [1.165, 1.54) is 42.5 Å². The van der Waals surface area contributed by atoms with Gasteiger partial charge in [0.25, 0.3) is 5.56 Å². The van der Waals surface area contributed by atoms with Crippen LogP contribution in [0.4, 0.5) is 5.00 Å². The zero-order valence-corrected chi connectivity index (χ0v) is 20.2. The van der Waals surface area contributed by atoms with Crippen LogP contribution in [0.1, 0.15) is 17.3 Å². The average Bonchev–Trinajstić information content (AvgIpc) is 3.29. The van der Waals surface area contributed by atoms with Gasteiger partial charge in [-0.15, -0.1) is 11.3 Å². The minimum atomic E-state index is -0.535. The predicted molar refractivity (Wildman–Crippen MR) is 133 cm³/mol. The number of methoxy groups -OCH3 is 2. The topological polar surface area (TPSA) is 109 Å². The molecule has 2 aromatic carbocycles. The predicted octanol–water partition coefficient (Wildman–Crippen LogP) is 3.96. The largest absolute Gasteiger partial charge is 0.493 e. The van der Waals surface area contributed by atoms with Crippen LogP contribution < -0.4 is 20.3 Å². The molecular weight excluding hydrogens is 470 g/mol. The van der Waals surface area contributed by atoms with E-state index in [2.05, 4.69) is 10.3 Å². The van der Waals surface area contributed by atoms with Crippen LogP contribution in [0.5, 0.6) is 11.5 Å². The maximum absolute atomic E-state index is 13.0. The lowest BCUT2D eigenvalue weighted by Gasteiger charge is -2.11. The monoisotopic (exact) mass is 493 g/mol. The second-order valence-electron chi connectivity index (χ2n) is 7.39. The van der Waals surface area contributed by atoms with E-state index in [0.717, 1.165) is 10.4 Å². The maximum atomic E-state index is 13.0. The van der Waals surface area contributed by atoms with Gasteiger partial charge in [0, 0.05) is 10.9 Å². The number of fused-ring (bicyclic) bond motifs is 1. The van der Waals surface area contributed by atoms with E-state index in [4.69, 9.17) is 14.2 Å². The highest BCUT2D eigenvalue weighted by Gasteiger charge is 2.20. The van der Waals surface area contributed by atoms with E-state index in [0.29, 0.717) is 22.0 Å². The van der Waals surface area contributed by atoms with Gasteiger partial charge in [0.15, 0.2) is 11.5 Å². The van der Waals surface area contributed by atoms with Crippen molar-refractivity contribution < 1.29 is 23.8 Å². The minimum Gasteiger partial charge on any atom is -0.493 e. The first-order valence-corrected chi connectivity index (χ1v) is 11.5. The summed E-state index contributed by atoms with van der Waals surface area (Å²) in [4.78, 5) is 43.5. The summed E-state index contributed by atoms with van der Waals surface area (Å²) in [6.45, 7) is 1.62. The Hall–Kier alpha value is -4.18. The molecule has 0 aliphatic heterocycles. The molecule has 0 bridgehead atoms. The van der Waals surface area contributed by atoms with Gasteiger partial charge in [-0.3, -0.25) is 14.2 Å². The van der Waals surface area contributed by atoms with Crippen LogP contribution in [0.15, 0.2) is 59.7 Å². The summed E-state index contributed by atoms with van der Waals surface area (Å²) in [6, 6.07) is 14.3. The van der Waals surface area contributed by atoms with Crippen molar-refractivity contribution in [3.8, 4) is 21.9 Å². The molecule has 180 valence electrons. The van der Waals surface area contributed by atoms with E-state index >= 15 is 0 Å². The summed E-state index contributed by atoms with van der Waals surface area (Å²) >= 11 is 1.26. The van der Waals surface area contributed by atoms with Gasteiger partial charge >= 0.3 is 5.97 Å². The number of carbonyl (C=O) groups is 2. The smallest absolute Gasteiger partial charge is 0.341 e. The zero-order chi connectivity index (χ0) is 24.9. The lowest BCUT2D eigenvalue weighted by Crippen LogP contribution is -2.28. The molecule has 10 heteroatoms. The number of amides is 1. The normalized spacial score (nSPS) is 10.7. The molecular formula is C25H23N3O6S. The highest BCUT2D eigenvalue weighted by atomic mass is 32.1. The fourth-order valence-electron chi connectivity index (χ4n) is 3.51. The number of ether oxygens (including phenoxy) is 3. The molecule has 0 aliphatic rings. The number of hydrogen-bond donors (Lipinski definition) is 1. The molecule has 9 nitrogen and oxygen atoms in total. The van der Waals surface area contributed by atoms with E-state index in [9.17, 15) is 14.4 Å². The zero-order valence-electron chi connectivity index (χ0n) is 19.4. The Labute approximate surface area is 204 Å². The van der Waals surface area contributed by atoms with Crippen molar-refractivity contribution >= 4 is 39.1 Å². The molecule has 1 N–H and O–H groups in total. The number of rotatable bonds is 8. The van der Waals surface area contributed by atoms with Crippen LogP contribution in [-0.4, -0.2) is 42.3 Å². The standard InChI is InChI=1S/C25H23N3O6S/c1-4-34-25(31)17-11-21(15-8-6-5-7-9-15)35-23(17)27-22(29)13-28-14-26-18-12-20(33-3)19(32-2)10-16(18)24(28)30/h5-12,14H,4,13H2,1-3H3,(H,27,29). The molecule has 0 saturated carbocycles. The lowest BCUT2D eigenvalue weighted by molar-refractivity contribution is -0.116. The quantitative estimate of drug-likeness (QED) is 0.370. The molecule has 0 aliphatic carbocycles. The Morgan fingerprint density at radius 3 is 2.46 bits per heavy atom. The average molecular weight is 494 g/mol. The molecule has 0 radical (unpaired) electrons. The third-order valence-electron chi connectivity index (χ3n) is 5.18. The van der Waals surface area contributed by atoms with Gasteiger partial charge in [-0.05, 0) is 24.6 Å². The van der Waals surface area contributed by atoms with E-state index in [1.807, 2.05) is 30.3 Å². The summed E-state index contributed by atoms with van der Waals surface area (Å²) in [5, 5.41) is 3.38. The molecule has 1 amide bonds. The van der Waals surface area contributed by atoms with Gasteiger partial charge in [-0.2, -0.15) is 0 Å². The van der Waals surface area contributed by atoms with Crippen molar-refractivity contribution in [2.45, 2.75) is 13.5 Å². The molecule has 0 saturated heterocycles. The number of esters is 1. The fourth-order valence-corrected chi connectivity index (χ4v) is 4.58. The highest BCUT2D eigenvalue weighted by Crippen LogP contribution is 2.36. The molecule has 0 unspecified atom stereocenters. The SMILES string of the molecule is CCOC(=O)c1cc(-c2ccccc2)sc1NC(=O)Cn1cnc2cc(OC)c(OC)cc2c1=O. The van der Waals surface area contributed by atoms with Crippen LogP contribution in [0.25, 0.3) is 21.3 Å². The van der Waals surface area contributed by atoms with Gasteiger partial charge in [-0.1, -0.05) is 30.3 Å². The van der Waals surface area contributed by atoms with E-state index < -0.39 is 17.4 Å². The highest BCUT2D eigenvalue weighted by molar-refractivity contribution is 7.20. The Morgan fingerprint density at radius 1 is 1.06 bits per heavy atom. The van der Waals surface area contributed by atoms with E-state index in [-0.39, 0.29) is 24.1 Å². The Kier molecular flexibility index (Phi) is 7.11. The van der Waals surface area contributed by atoms with Gasteiger partial charge in [0.2, 0.25) is 5.91 Å². The number of benzene rings is 2. The number of nitrogens with zero attached hydrogens (tertiary/aromatic N) is 2. The number of anilines is 1. The molecule has 0 spiro atoms. The minimum absolute atomic E-state index is 0.204. The van der Waals surface area contributed by atoms with Crippen molar-refractivity contribution in [2.24, 2.45) is 0 Å². The van der Waals surface area contributed by atoms with Gasteiger partial charge in [0.1, 0.15) is 11.5 Å².